The molecule has 1 aromatic carbocycles. The van der Waals surface area contributed by atoms with E-state index < -0.39 is 11.6 Å². The molecule has 1 aliphatic rings. The summed E-state index contributed by atoms with van der Waals surface area (Å²) in [7, 11) is 3.32. The Labute approximate surface area is 163 Å². The summed E-state index contributed by atoms with van der Waals surface area (Å²) in [5.74, 6) is -2.24. The summed E-state index contributed by atoms with van der Waals surface area (Å²) in [6, 6.07) is 5.55. The van der Waals surface area contributed by atoms with Crippen LogP contribution in [0.15, 0.2) is 30.5 Å². The topological polar surface area (TPSA) is 56.6 Å². The van der Waals surface area contributed by atoms with Crippen molar-refractivity contribution < 1.29 is 23.0 Å². The summed E-state index contributed by atoms with van der Waals surface area (Å²) in [6.45, 7) is 2.00. The fourth-order valence-electron chi connectivity index (χ4n) is 3.54. The van der Waals surface area contributed by atoms with Crippen LogP contribution in [0.3, 0.4) is 0 Å². The number of hydrogen-bond donors (Lipinski definition) is 0. The molecule has 2 aromatic rings. The third-order valence-corrected chi connectivity index (χ3v) is 4.95. The van der Waals surface area contributed by atoms with Gasteiger partial charge in [0, 0.05) is 46.7 Å². The van der Waals surface area contributed by atoms with E-state index in [2.05, 4.69) is 5.10 Å². The van der Waals surface area contributed by atoms with Crippen LogP contribution in [0.5, 0.6) is 0 Å². The molecular weight excluding hydrogens is 368 g/mol. The highest BCUT2D eigenvalue weighted by atomic mass is 19.2. The lowest BCUT2D eigenvalue weighted by Crippen LogP contribution is -2.34. The van der Waals surface area contributed by atoms with Crippen molar-refractivity contribution in [3.05, 3.63) is 53.4 Å². The van der Waals surface area contributed by atoms with Gasteiger partial charge < -0.3 is 14.4 Å². The van der Waals surface area contributed by atoms with E-state index in [1.807, 2.05) is 10.7 Å². The van der Waals surface area contributed by atoms with Crippen LogP contribution in [0.4, 0.5) is 8.78 Å². The van der Waals surface area contributed by atoms with E-state index in [0.717, 1.165) is 24.2 Å². The van der Waals surface area contributed by atoms with Gasteiger partial charge in [-0.3, -0.25) is 9.48 Å². The highest BCUT2D eigenvalue weighted by molar-refractivity contribution is 5.79. The number of carbonyl (C=O) groups is 1. The van der Waals surface area contributed by atoms with Crippen LogP contribution < -0.4 is 0 Å². The zero-order valence-corrected chi connectivity index (χ0v) is 16.1. The summed E-state index contributed by atoms with van der Waals surface area (Å²) in [5.41, 5.74) is 1.41. The Balaban J connectivity index is 1.69. The van der Waals surface area contributed by atoms with Gasteiger partial charge in [0.05, 0.1) is 11.6 Å². The third-order valence-electron chi connectivity index (χ3n) is 4.95. The van der Waals surface area contributed by atoms with Crippen LogP contribution in [0.2, 0.25) is 0 Å². The minimum atomic E-state index is -0.916. The zero-order valence-electron chi connectivity index (χ0n) is 16.1. The van der Waals surface area contributed by atoms with Crippen LogP contribution in [-0.2, 0) is 27.4 Å². The standard InChI is InChI=1S/C20H25F2N3O3/c1-24(13-14-4-5-16(21)17(22)12-14)20(26)15-7-11-28-19(15)18-6-8-23-25(18)9-3-10-27-2/h4-6,8,12,15,19H,3,7,9-11,13H2,1-2H3/t15-,19-/m0/s1. The number of ether oxygens (including phenoxy) is 2. The van der Waals surface area contributed by atoms with Gasteiger partial charge >= 0.3 is 0 Å². The number of aromatic nitrogens is 2. The van der Waals surface area contributed by atoms with E-state index >= 15 is 0 Å². The van der Waals surface area contributed by atoms with Crippen LogP contribution in [0, 0.1) is 17.6 Å². The average Bonchev–Trinajstić information content (AvgIpc) is 3.33. The molecule has 6 nitrogen and oxygen atoms in total. The number of aryl methyl sites for hydroxylation is 1. The lowest BCUT2D eigenvalue weighted by molar-refractivity contribution is -0.136. The molecule has 1 aromatic heterocycles. The highest BCUT2D eigenvalue weighted by Crippen LogP contribution is 2.35. The Hall–Kier alpha value is -2.32. The minimum absolute atomic E-state index is 0.0862. The maximum absolute atomic E-state index is 13.4. The summed E-state index contributed by atoms with van der Waals surface area (Å²) < 4.78 is 39.3. The van der Waals surface area contributed by atoms with Crippen molar-refractivity contribution in [3.63, 3.8) is 0 Å². The first kappa shape index (κ1) is 20.4. The number of carbonyl (C=O) groups excluding carboxylic acids is 1. The second-order valence-electron chi connectivity index (χ2n) is 6.95. The van der Waals surface area contributed by atoms with Gasteiger partial charge in [0.25, 0.3) is 0 Å². The molecule has 0 saturated carbocycles. The van der Waals surface area contributed by atoms with E-state index in [4.69, 9.17) is 9.47 Å². The van der Waals surface area contributed by atoms with Gasteiger partial charge in [0.1, 0.15) is 6.10 Å². The van der Waals surface area contributed by atoms with Gasteiger partial charge in [-0.05, 0) is 36.6 Å². The van der Waals surface area contributed by atoms with E-state index in [1.165, 1.54) is 11.0 Å². The van der Waals surface area contributed by atoms with Crippen molar-refractivity contribution in [3.8, 4) is 0 Å². The molecule has 0 radical (unpaired) electrons. The lowest BCUT2D eigenvalue weighted by atomic mass is 9.97. The van der Waals surface area contributed by atoms with Crippen molar-refractivity contribution >= 4 is 5.91 Å². The maximum Gasteiger partial charge on any atom is 0.228 e. The number of hydrogen-bond acceptors (Lipinski definition) is 4. The molecule has 2 heterocycles. The molecule has 0 bridgehead atoms. The van der Waals surface area contributed by atoms with E-state index in [1.54, 1.807) is 20.4 Å². The number of methoxy groups -OCH3 is 1. The number of nitrogens with zero attached hydrogens (tertiary/aromatic N) is 3. The number of halogens is 2. The largest absolute Gasteiger partial charge is 0.385 e. The SMILES string of the molecule is COCCCn1nccc1[C@H]1OCC[C@@H]1C(=O)N(C)Cc1ccc(F)c(F)c1. The predicted molar refractivity (Wildman–Crippen MR) is 98.4 cm³/mol. The summed E-state index contributed by atoms with van der Waals surface area (Å²) in [4.78, 5) is 14.5. The second kappa shape index (κ2) is 9.25. The molecule has 0 aliphatic carbocycles. The van der Waals surface area contributed by atoms with Crippen molar-refractivity contribution in [2.24, 2.45) is 5.92 Å². The molecule has 152 valence electrons. The second-order valence-corrected chi connectivity index (χ2v) is 6.95. The van der Waals surface area contributed by atoms with Crippen LogP contribution in [-0.4, -0.2) is 48.0 Å². The molecular formula is C20H25F2N3O3. The average molecular weight is 393 g/mol. The van der Waals surface area contributed by atoms with Crippen molar-refractivity contribution in [1.29, 1.82) is 0 Å². The van der Waals surface area contributed by atoms with Crippen molar-refractivity contribution in [2.45, 2.75) is 32.0 Å². The molecule has 8 heteroatoms. The van der Waals surface area contributed by atoms with Crippen LogP contribution in [0.25, 0.3) is 0 Å². The number of amides is 1. The van der Waals surface area contributed by atoms with E-state index in [0.29, 0.717) is 31.7 Å². The summed E-state index contributed by atoms with van der Waals surface area (Å²) >= 11 is 0. The van der Waals surface area contributed by atoms with Gasteiger partial charge in [-0.1, -0.05) is 6.07 Å². The molecule has 1 aliphatic heterocycles. The van der Waals surface area contributed by atoms with E-state index in [9.17, 15) is 13.6 Å². The van der Waals surface area contributed by atoms with Crippen LogP contribution >= 0.6 is 0 Å². The Bertz CT molecular complexity index is 812. The summed E-state index contributed by atoms with van der Waals surface area (Å²) in [5, 5.41) is 4.34. The first-order chi connectivity index (χ1) is 13.5. The normalized spacial score (nSPS) is 19.1. The highest BCUT2D eigenvalue weighted by Gasteiger charge is 2.38. The lowest BCUT2D eigenvalue weighted by Gasteiger charge is -2.25. The molecule has 2 atom stereocenters. The first-order valence-electron chi connectivity index (χ1n) is 9.32. The fraction of sp³-hybridized carbons (Fsp3) is 0.500. The zero-order chi connectivity index (χ0) is 20.1. The first-order valence-corrected chi connectivity index (χ1v) is 9.32. The van der Waals surface area contributed by atoms with Crippen molar-refractivity contribution in [2.75, 3.05) is 27.4 Å². The predicted octanol–water partition coefficient (Wildman–Crippen LogP) is 2.93. The number of benzene rings is 1. The molecule has 28 heavy (non-hydrogen) atoms. The van der Waals surface area contributed by atoms with Crippen molar-refractivity contribution in [1.82, 2.24) is 14.7 Å². The van der Waals surface area contributed by atoms with Gasteiger partial charge in [-0.2, -0.15) is 5.10 Å². The molecule has 0 unspecified atom stereocenters. The van der Waals surface area contributed by atoms with Gasteiger partial charge in [-0.25, -0.2) is 8.78 Å². The third kappa shape index (κ3) is 4.56. The minimum Gasteiger partial charge on any atom is -0.385 e. The smallest absolute Gasteiger partial charge is 0.228 e. The molecule has 0 N–H and O–H groups in total. The Morgan fingerprint density at radius 3 is 2.93 bits per heavy atom. The molecule has 1 fully saturated rings. The molecule has 3 rings (SSSR count). The quantitative estimate of drug-likeness (QED) is 0.647. The molecule has 0 spiro atoms. The summed E-state index contributed by atoms with van der Waals surface area (Å²) in [6.07, 6.45) is 2.75. The number of rotatable bonds is 8. The Morgan fingerprint density at radius 2 is 2.18 bits per heavy atom. The Kier molecular flexibility index (Phi) is 6.74. The maximum atomic E-state index is 13.4. The fourth-order valence-corrected chi connectivity index (χ4v) is 3.54. The van der Waals surface area contributed by atoms with Crippen LogP contribution in [0.1, 0.15) is 30.2 Å². The van der Waals surface area contributed by atoms with E-state index in [-0.39, 0.29) is 24.5 Å². The monoisotopic (exact) mass is 393 g/mol. The van der Waals surface area contributed by atoms with Gasteiger partial charge in [0.15, 0.2) is 11.6 Å². The Morgan fingerprint density at radius 1 is 1.36 bits per heavy atom. The molecule has 1 saturated heterocycles. The molecule has 1 amide bonds. The van der Waals surface area contributed by atoms with Gasteiger partial charge in [-0.15, -0.1) is 0 Å². The van der Waals surface area contributed by atoms with Gasteiger partial charge in [0.2, 0.25) is 5.91 Å².